The summed E-state index contributed by atoms with van der Waals surface area (Å²) in [6.07, 6.45) is 0. The molecule has 18 heavy (non-hydrogen) atoms. The van der Waals surface area contributed by atoms with Crippen LogP contribution in [0, 0.1) is 6.92 Å². The van der Waals surface area contributed by atoms with Crippen molar-refractivity contribution in [1.82, 2.24) is 5.32 Å². The van der Waals surface area contributed by atoms with Crippen LogP contribution in [0.3, 0.4) is 0 Å². The van der Waals surface area contributed by atoms with Crippen molar-refractivity contribution in [2.24, 2.45) is 0 Å². The minimum Gasteiger partial charge on any atom is -0.480 e. The summed E-state index contributed by atoms with van der Waals surface area (Å²) in [6.45, 7) is 3.23. The Balaban J connectivity index is 2.66. The van der Waals surface area contributed by atoms with Crippen LogP contribution >= 0.6 is 11.8 Å². The van der Waals surface area contributed by atoms with Crippen LogP contribution in [0.25, 0.3) is 0 Å². The summed E-state index contributed by atoms with van der Waals surface area (Å²) in [7, 11) is 0. The fourth-order valence-electron chi connectivity index (χ4n) is 1.39. The maximum atomic E-state index is 10.9. The number of carboxylic acid groups (broad SMARTS) is 1. The number of hydrogen-bond acceptors (Lipinski definition) is 4. The number of hydrogen-bond donors (Lipinski definition) is 3. The second-order valence-corrected chi connectivity index (χ2v) is 5.01. The smallest absolute Gasteiger partial charge is 0.327 e. The van der Waals surface area contributed by atoms with Crippen LogP contribution in [0.5, 0.6) is 0 Å². The molecule has 1 unspecified atom stereocenters. The number of rotatable bonds is 5. The van der Waals surface area contributed by atoms with E-state index in [1.54, 1.807) is 0 Å². The summed E-state index contributed by atoms with van der Waals surface area (Å²) >= 11 is 1.31. The van der Waals surface area contributed by atoms with Crippen LogP contribution in [0.4, 0.5) is 5.69 Å². The van der Waals surface area contributed by atoms with Crippen molar-refractivity contribution < 1.29 is 14.7 Å². The third-order valence-corrected chi connectivity index (χ3v) is 3.43. The molecule has 4 N–H and O–H groups in total. The van der Waals surface area contributed by atoms with Crippen LogP contribution in [0.2, 0.25) is 0 Å². The molecule has 0 aromatic heterocycles. The molecule has 0 radical (unpaired) electrons. The first-order valence-corrected chi connectivity index (χ1v) is 6.37. The van der Waals surface area contributed by atoms with Gasteiger partial charge in [-0.3, -0.25) is 4.79 Å². The van der Waals surface area contributed by atoms with Crippen molar-refractivity contribution in [3.8, 4) is 0 Å². The van der Waals surface area contributed by atoms with E-state index in [4.69, 9.17) is 10.8 Å². The van der Waals surface area contributed by atoms with E-state index in [1.807, 2.05) is 25.1 Å². The molecule has 1 rings (SSSR count). The van der Waals surface area contributed by atoms with Crippen LogP contribution in [-0.2, 0) is 9.59 Å². The zero-order chi connectivity index (χ0) is 13.7. The van der Waals surface area contributed by atoms with Gasteiger partial charge < -0.3 is 16.2 Å². The molecule has 0 bridgehead atoms. The number of nitrogens with one attached hydrogen (secondary N) is 1. The van der Waals surface area contributed by atoms with Gasteiger partial charge in [0.25, 0.3) is 0 Å². The Morgan fingerprint density at radius 2 is 2.17 bits per heavy atom. The SMILES string of the molecule is CC(=O)NC(CSc1ccc(C)cc1N)C(=O)O. The molecule has 0 aliphatic heterocycles. The molecule has 0 saturated heterocycles. The van der Waals surface area contributed by atoms with Crippen molar-refractivity contribution in [2.75, 3.05) is 11.5 Å². The first kappa shape index (κ1) is 14.4. The van der Waals surface area contributed by atoms with E-state index in [1.165, 1.54) is 18.7 Å². The lowest BCUT2D eigenvalue weighted by atomic mass is 10.2. The fraction of sp³-hybridized carbons (Fsp3) is 0.333. The van der Waals surface area contributed by atoms with Crippen molar-refractivity contribution in [3.05, 3.63) is 23.8 Å². The average Bonchev–Trinajstić information content (AvgIpc) is 2.25. The second-order valence-electron chi connectivity index (χ2n) is 3.94. The van der Waals surface area contributed by atoms with E-state index >= 15 is 0 Å². The van der Waals surface area contributed by atoms with Gasteiger partial charge in [-0.15, -0.1) is 11.8 Å². The molecule has 98 valence electrons. The number of carboxylic acids is 1. The van der Waals surface area contributed by atoms with Gasteiger partial charge in [0.05, 0.1) is 0 Å². The molecule has 5 nitrogen and oxygen atoms in total. The van der Waals surface area contributed by atoms with Gasteiger partial charge >= 0.3 is 5.97 Å². The number of amides is 1. The predicted octanol–water partition coefficient (Wildman–Crippen LogP) is 1.26. The van der Waals surface area contributed by atoms with Gasteiger partial charge in [0.15, 0.2) is 0 Å². The molecule has 6 heteroatoms. The minimum absolute atomic E-state index is 0.238. The number of benzene rings is 1. The molecular weight excluding hydrogens is 252 g/mol. The van der Waals surface area contributed by atoms with Gasteiger partial charge in [0, 0.05) is 23.3 Å². The Bertz CT molecular complexity index is 463. The van der Waals surface area contributed by atoms with Crippen molar-refractivity contribution in [3.63, 3.8) is 0 Å². The van der Waals surface area contributed by atoms with Gasteiger partial charge in [0.2, 0.25) is 5.91 Å². The molecule has 1 amide bonds. The first-order chi connectivity index (χ1) is 8.40. The zero-order valence-electron chi connectivity index (χ0n) is 10.3. The van der Waals surface area contributed by atoms with Gasteiger partial charge in [-0.1, -0.05) is 6.07 Å². The maximum absolute atomic E-state index is 10.9. The Kier molecular flexibility index (Phi) is 5.03. The molecule has 1 atom stereocenters. The quantitative estimate of drug-likeness (QED) is 0.552. The van der Waals surface area contributed by atoms with E-state index in [0.717, 1.165) is 10.5 Å². The van der Waals surface area contributed by atoms with Crippen molar-refractivity contribution in [2.45, 2.75) is 24.8 Å². The van der Waals surface area contributed by atoms with E-state index in [-0.39, 0.29) is 11.7 Å². The molecule has 0 fully saturated rings. The van der Waals surface area contributed by atoms with Crippen LogP contribution in [0.1, 0.15) is 12.5 Å². The van der Waals surface area contributed by atoms with E-state index in [2.05, 4.69) is 5.32 Å². The Morgan fingerprint density at radius 1 is 1.50 bits per heavy atom. The lowest BCUT2D eigenvalue weighted by Crippen LogP contribution is -2.41. The van der Waals surface area contributed by atoms with Gasteiger partial charge in [-0.2, -0.15) is 0 Å². The third-order valence-electron chi connectivity index (χ3n) is 2.25. The van der Waals surface area contributed by atoms with Crippen molar-refractivity contribution >= 4 is 29.3 Å². The predicted molar refractivity (Wildman–Crippen MR) is 71.6 cm³/mol. The summed E-state index contributed by atoms with van der Waals surface area (Å²) in [5.41, 5.74) is 7.50. The maximum Gasteiger partial charge on any atom is 0.327 e. The van der Waals surface area contributed by atoms with E-state index in [0.29, 0.717) is 5.69 Å². The molecule has 0 saturated carbocycles. The summed E-state index contributed by atoms with van der Waals surface area (Å²) in [4.78, 5) is 22.6. The number of thioether (sulfide) groups is 1. The zero-order valence-corrected chi connectivity index (χ0v) is 11.1. The van der Waals surface area contributed by atoms with Crippen LogP contribution in [0.15, 0.2) is 23.1 Å². The number of anilines is 1. The molecular formula is C12H16N2O3S. The topological polar surface area (TPSA) is 92.4 Å². The summed E-state index contributed by atoms with van der Waals surface area (Å²) in [6, 6.07) is 4.68. The van der Waals surface area contributed by atoms with Gasteiger partial charge in [-0.05, 0) is 24.6 Å². The number of aryl methyl sites for hydroxylation is 1. The lowest BCUT2D eigenvalue weighted by molar-refractivity contribution is -0.140. The molecule has 0 spiro atoms. The standard InChI is InChI=1S/C12H16N2O3S/c1-7-3-4-11(9(13)5-7)18-6-10(12(16)17)14-8(2)15/h3-5,10H,6,13H2,1-2H3,(H,14,15)(H,16,17). The third kappa shape index (κ3) is 4.29. The van der Waals surface area contributed by atoms with Crippen molar-refractivity contribution in [1.29, 1.82) is 0 Å². The van der Waals surface area contributed by atoms with Crippen LogP contribution < -0.4 is 11.1 Å². The molecule has 1 aromatic carbocycles. The first-order valence-electron chi connectivity index (χ1n) is 5.39. The second kappa shape index (κ2) is 6.30. The average molecular weight is 268 g/mol. The number of nitrogen functional groups attached to an aromatic ring is 1. The summed E-state index contributed by atoms with van der Waals surface area (Å²) in [5.74, 6) is -1.18. The number of aliphatic carboxylic acids is 1. The normalized spacial score (nSPS) is 11.9. The molecule has 0 aliphatic rings. The highest BCUT2D eigenvalue weighted by atomic mass is 32.2. The Labute approximate surface area is 110 Å². The lowest BCUT2D eigenvalue weighted by Gasteiger charge is -2.13. The van der Waals surface area contributed by atoms with E-state index in [9.17, 15) is 9.59 Å². The summed E-state index contributed by atoms with van der Waals surface area (Å²) < 4.78 is 0. The Hall–Kier alpha value is -1.69. The molecule has 0 aliphatic carbocycles. The minimum atomic E-state index is -1.05. The number of carbonyl (C=O) groups excluding carboxylic acids is 1. The summed E-state index contributed by atoms with van der Waals surface area (Å²) in [5, 5.41) is 11.3. The largest absolute Gasteiger partial charge is 0.480 e. The Morgan fingerprint density at radius 3 is 2.67 bits per heavy atom. The highest BCUT2D eigenvalue weighted by molar-refractivity contribution is 7.99. The molecule has 1 aromatic rings. The van der Waals surface area contributed by atoms with Gasteiger partial charge in [0.1, 0.15) is 6.04 Å². The van der Waals surface area contributed by atoms with Crippen LogP contribution in [-0.4, -0.2) is 28.8 Å². The molecule has 0 heterocycles. The highest BCUT2D eigenvalue weighted by Gasteiger charge is 2.18. The van der Waals surface area contributed by atoms with Gasteiger partial charge in [-0.25, -0.2) is 4.79 Å². The fourth-order valence-corrected chi connectivity index (χ4v) is 2.35. The highest BCUT2D eigenvalue weighted by Crippen LogP contribution is 2.26. The number of nitrogens with two attached hydrogens (primary N) is 1. The number of carbonyl (C=O) groups is 2. The van der Waals surface area contributed by atoms with E-state index < -0.39 is 12.0 Å². The monoisotopic (exact) mass is 268 g/mol.